The molecule has 5 heteroatoms. The maximum atomic E-state index is 10.5. The van der Waals surface area contributed by atoms with Gasteiger partial charge in [-0.25, -0.2) is 4.79 Å². The first-order chi connectivity index (χ1) is 9.62. The number of carboxylic acids is 1. The van der Waals surface area contributed by atoms with Crippen molar-refractivity contribution in [1.29, 1.82) is 0 Å². The fourth-order valence-corrected chi connectivity index (χ4v) is 1.59. The number of ether oxygens (including phenoxy) is 3. The molecular weight excluding hydrogens is 260 g/mol. The highest BCUT2D eigenvalue weighted by Crippen LogP contribution is 2.38. The molecule has 0 heterocycles. The summed E-state index contributed by atoms with van der Waals surface area (Å²) in [7, 11) is 0. The van der Waals surface area contributed by atoms with Gasteiger partial charge >= 0.3 is 5.97 Å². The Morgan fingerprint density at radius 2 is 1.55 bits per heavy atom. The van der Waals surface area contributed by atoms with Crippen molar-refractivity contribution in [2.75, 3.05) is 19.8 Å². The lowest BCUT2D eigenvalue weighted by Gasteiger charge is -2.15. The van der Waals surface area contributed by atoms with Gasteiger partial charge in [-0.3, -0.25) is 0 Å². The first kappa shape index (κ1) is 15.7. The van der Waals surface area contributed by atoms with Gasteiger partial charge in [-0.1, -0.05) is 5.92 Å². The molecule has 1 aromatic rings. The van der Waals surface area contributed by atoms with Crippen molar-refractivity contribution in [3.05, 3.63) is 17.7 Å². The molecule has 0 aromatic heterocycles. The fraction of sp³-hybridized carbons (Fsp3) is 0.400. The molecule has 1 rings (SSSR count). The normalized spacial score (nSPS) is 9.35. The fourth-order valence-electron chi connectivity index (χ4n) is 1.59. The maximum Gasteiger partial charge on any atom is 0.382 e. The van der Waals surface area contributed by atoms with Gasteiger partial charge in [-0.15, -0.1) is 0 Å². The Bertz CT molecular complexity index is 498. The standard InChI is InChI=1S/C15H18O5/c1-4-18-12-9-11(7-8-14(16)17)10-13(19-5-2)15(12)20-6-3/h9-10H,4-6H2,1-3H3,(H,16,17). The van der Waals surface area contributed by atoms with Gasteiger partial charge in [0.05, 0.1) is 19.8 Å². The number of hydrogen-bond acceptors (Lipinski definition) is 4. The molecule has 0 amide bonds. The second kappa shape index (κ2) is 7.95. The van der Waals surface area contributed by atoms with E-state index in [9.17, 15) is 4.79 Å². The van der Waals surface area contributed by atoms with E-state index in [0.29, 0.717) is 42.6 Å². The summed E-state index contributed by atoms with van der Waals surface area (Å²) in [6.07, 6.45) is 0. The molecule has 0 aliphatic carbocycles. The molecule has 0 fully saturated rings. The molecule has 0 spiro atoms. The first-order valence-electron chi connectivity index (χ1n) is 6.43. The molecular formula is C15H18O5. The largest absolute Gasteiger partial charge is 0.490 e. The molecule has 108 valence electrons. The first-order valence-corrected chi connectivity index (χ1v) is 6.43. The van der Waals surface area contributed by atoms with Gasteiger partial charge in [0.2, 0.25) is 5.75 Å². The Balaban J connectivity index is 3.29. The summed E-state index contributed by atoms with van der Waals surface area (Å²) >= 11 is 0. The van der Waals surface area contributed by atoms with Crippen LogP contribution in [-0.2, 0) is 4.79 Å². The molecule has 1 N–H and O–H groups in total. The van der Waals surface area contributed by atoms with Crippen molar-refractivity contribution in [2.45, 2.75) is 20.8 Å². The lowest BCUT2D eigenvalue weighted by atomic mass is 10.2. The smallest absolute Gasteiger partial charge is 0.382 e. The average molecular weight is 278 g/mol. The molecule has 0 atom stereocenters. The predicted molar refractivity (Wildman–Crippen MR) is 74.5 cm³/mol. The summed E-state index contributed by atoms with van der Waals surface area (Å²) in [6.45, 7) is 6.96. The van der Waals surface area contributed by atoms with Gasteiger partial charge in [0, 0.05) is 11.5 Å². The van der Waals surface area contributed by atoms with E-state index in [1.807, 2.05) is 20.8 Å². The van der Waals surface area contributed by atoms with E-state index < -0.39 is 5.97 Å². The zero-order valence-electron chi connectivity index (χ0n) is 11.9. The zero-order valence-corrected chi connectivity index (χ0v) is 11.9. The van der Waals surface area contributed by atoms with Crippen LogP contribution in [0.2, 0.25) is 0 Å². The molecule has 0 unspecified atom stereocenters. The molecule has 0 aliphatic rings. The Hall–Kier alpha value is -2.35. The second-order valence-electron chi connectivity index (χ2n) is 3.66. The number of hydrogen-bond donors (Lipinski definition) is 1. The molecule has 20 heavy (non-hydrogen) atoms. The van der Waals surface area contributed by atoms with Crippen molar-refractivity contribution < 1.29 is 24.1 Å². The summed E-state index contributed by atoms with van der Waals surface area (Å²) in [5.41, 5.74) is 0.503. The van der Waals surface area contributed by atoms with Crippen molar-refractivity contribution in [2.24, 2.45) is 0 Å². The molecule has 5 nitrogen and oxygen atoms in total. The van der Waals surface area contributed by atoms with Crippen LogP contribution in [0.4, 0.5) is 0 Å². The van der Waals surface area contributed by atoms with Crippen LogP contribution in [0.25, 0.3) is 0 Å². The van der Waals surface area contributed by atoms with Crippen LogP contribution in [0.5, 0.6) is 17.2 Å². The maximum absolute atomic E-state index is 10.5. The Labute approximate surface area is 118 Å². The minimum absolute atomic E-state index is 0.460. The lowest BCUT2D eigenvalue weighted by Crippen LogP contribution is -2.03. The van der Waals surface area contributed by atoms with E-state index >= 15 is 0 Å². The Kier molecular flexibility index (Phi) is 6.24. The minimum Gasteiger partial charge on any atom is -0.490 e. The van der Waals surface area contributed by atoms with Crippen LogP contribution in [0.15, 0.2) is 12.1 Å². The monoisotopic (exact) mass is 278 g/mol. The number of rotatable bonds is 6. The lowest BCUT2D eigenvalue weighted by molar-refractivity contribution is -0.130. The number of carboxylic acid groups (broad SMARTS) is 1. The van der Waals surface area contributed by atoms with E-state index in [4.69, 9.17) is 19.3 Å². The Morgan fingerprint density at radius 3 is 1.95 bits per heavy atom. The van der Waals surface area contributed by atoms with Gasteiger partial charge < -0.3 is 19.3 Å². The van der Waals surface area contributed by atoms with Crippen molar-refractivity contribution in [1.82, 2.24) is 0 Å². The Morgan fingerprint density at radius 1 is 1.05 bits per heavy atom. The van der Waals surface area contributed by atoms with E-state index in [1.165, 1.54) is 0 Å². The van der Waals surface area contributed by atoms with Crippen LogP contribution < -0.4 is 14.2 Å². The van der Waals surface area contributed by atoms with Gasteiger partial charge in [0.25, 0.3) is 0 Å². The molecule has 0 bridgehead atoms. The van der Waals surface area contributed by atoms with Crippen molar-refractivity contribution in [3.8, 4) is 29.1 Å². The molecule has 0 saturated heterocycles. The zero-order chi connectivity index (χ0) is 15.0. The van der Waals surface area contributed by atoms with Gasteiger partial charge in [0.15, 0.2) is 11.5 Å². The topological polar surface area (TPSA) is 65.0 Å². The van der Waals surface area contributed by atoms with Gasteiger partial charge in [-0.2, -0.15) is 0 Å². The number of aliphatic carboxylic acids is 1. The molecule has 0 aliphatic heterocycles. The van der Waals surface area contributed by atoms with Crippen LogP contribution in [0.1, 0.15) is 26.3 Å². The van der Waals surface area contributed by atoms with E-state index in [1.54, 1.807) is 12.1 Å². The van der Waals surface area contributed by atoms with Crippen LogP contribution in [0, 0.1) is 11.8 Å². The highest BCUT2D eigenvalue weighted by Gasteiger charge is 2.14. The van der Waals surface area contributed by atoms with Gasteiger partial charge in [-0.05, 0) is 32.9 Å². The number of benzene rings is 1. The highest BCUT2D eigenvalue weighted by atomic mass is 16.5. The number of carbonyl (C=O) groups is 1. The summed E-state index contributed by atoms with van der Waals surface area (Å²) in [5, 5.41) is 8.60. The van der Waals surface area contributed by atoms with Gasteiger partial charge in [0.1, 0.15) is 0 Å². The van der Waals surface area contributed by atoms with Crippen LogP contribution in [-0.4, -0.2) is 30.9 Å². The van der Waals surface area contributed by atoms with E-state index in [0.717, 1.165) is 0 Å². The third kappa shape index (κ3) is 4.39. The summed E-state index contributed by atoms with van der Waals surface area (Å²) in [5.74, 6) is 4.93. The third-order valence-corrected chi connectivity index (χ3v) is 2.22. The van der Waals surface area contributed by atoms with Crippen LogP contribution in [0.3, 0.4) is 0 Å². The molecule has 0 saturated carbocycles. The highest BCUT2D eigenvalue weighted by molar-refractivity contribution is 5.87. The SMILES string of the molecule is CCOc1cc(C#CC(=O)O)cc(OCC)c1OCC. The van der Waals surface area contributed by atoms with Crippen molar-refractivity contribution >= 4 is 5.97 Å². The van der Waals surface area contributed by atoms with E-state index in [2.05, 4.69) is 11.8 Å². The summed E-state index contributed by atoms with van der Waals surface area (Å²) in [4.78, 5) is 10.5. The minimum atomic E-state index is -1.19. The molecule has 0 radical (unpaired) electrons. The van der Waals surface area contributed by atoms with Crippen LogP contribution >= 0.6 is 0 Å². The van der Waals surface area contributed by atoms with E-state index in [-0.39, 0.29) is 0 Å². The molecule has 1 aromatic carbocycles. The second-order valence-corrected chi connectivity index (χ2v) is 3.66. The summed E-state index contributed by atoms with van der Waals surface area (Å²) < 4.78 is 16.5. The third-order valence-electron chi connectivity index (χ3n) is 2.22. The average Bonchev–Trinajstić information content (AvgIpc) is 2.40. The summed E-state index contributed by atoms with van der Waals surface area (Å²) in [6, 6.07) is 3.29. The quantitative estimate of drug-likeness (QED) is 0.809. The predicted octanol–water partition coefficient (Wildman–Crippen LogP) is 2.32. The van der Waals surface area contributed by atoms with Crippen molar-refractivity contribution in [3.63, 3.8) is 0 Å².